The minimum absolute atomic E-state index is 0.0105. The van der Waals surface area contributed by atoms with Gasteiger partial charge < -0.3 is 5.32 Å². The average molecular weight is 191 g/mol. The van der Waals surface area contributed by atoms with E-state index in [0.717, 1.165) is 0 Å². The quantitative estimate of drug-likeness (QED) is 0.648. The summed E-state index contributed by atoms with van der Waals surface area (Å²) in [5.41, 5.74) is 1.25. The van der Waals surface area contributed by atoms with E-state index in [0.29, 0.717) is 5.06 Å². The summed E-state index contributed by atoms with van der Waals surface area (Å²) >= 11 is 5.20. The summed E-state index contributed by atoms with van der Waals surface area (Å²) < 4.78 is 0. The third-order valence-electron chi connectivity index (χ3n) is 1.19. The first-order valence-electron chi connectivity index (χ1n) is 3.24. The fourth-order valence-electron chi connectivity index (χ4n) is 0.693. The van der Waals surface area contributed by atoms with Crippen molar-refractivity contribution in [1.29, 1.82) is 0 Å². The molecule has 0 atom stereocenters. The van der Waals surface area contributed by atoms with Gasteiger partial charge in [-0.1, -0.05) is 11.6 Å². The SMILES string of the molecule is O=C1CNC(=O)N1OC/C=C/Cl. The van der Waals surface area contributed by atoms with Crippen molar-refractivity contribution in [1.82, 2.24) is 10.4 Å². The third-order valence-corrected chi connectivity index (χ3v) is 1.37. The summed E-state index contributed by atoms with van der Waals surface area (Å²) in [6.45, 7) is 0.0894. The molecule has 0 saturated carbocycles. The minimum atomic E-state index is -0.539. The highest BCUT2D eigenvalue weighted by atomic mass is 35.5. The number of carbonyl (C=O) groups excluding carboxylic acids is 2. The molecule has 1 rings (SSSR count). The highest BCUT2D eigenvalue weighted by molar-refractivity contribution is 6.25. The second kappa shape index (κ2) is 4.08. The van der Waals surface area contributed by atoms with E-state index >= 15 is 0 Å². The number of carbonyl (C=O) groups is 2. The molecule has 1 aliphatic rings. The molecule has 0 radical (unpaired) electrons. The molecular formula is C6H7ClN2O3. The minimum Gasteiger partial charge on any atom is -0.327 e. The largest absolute Gasteiger partial charge is 0.349 e. The second-order valence-electron chi connectivity index (χ2n) is 2.00. The van der Waals surface area contributed by atoms with Crippen molar-refractivity contribution in [2.24, 2.45) is 0 Å². The van der Waals surface area contributed by atoms with Crippen LogP contribution in [-0.4, -0.2) is 30.2 Å². The number of hydrogen-bond acceptors (Lipinski definition) is 3. The van der Waals surface area contributed by atoms with Crippen LogP contribution in [0.4, 0.5) is 4.79 Å². The van der Waals surface area contributed by atoms with Crippen LogP contribution in [0, 0.1) is 0 Å². The van der Waals surface area contributed by atoms with Gasteiger partial charge in [0, 0.05) is 5.54 Å². The van der Waals surface area contributed by atoms with Gasteiger partial charge >= 0.3 is 6.03 Å². The number of nitrogens with one attached hydrogen (secondary N) is 1. The normalized spacial score (nSPS) is 17.6. The lowest BCUT2D eigenvalue weighted by Gasteiger charge is -2.09. The summed E-state index contributed by atoms with van der Waals surface area (Å²) in [5.74, 6) is -0.400. The smallest absolute Gasteiger partial charge is 0.327 e. The molecule has 1 N–H and O–H groups in total. The van der Waals surface area contributed by atoms with Crippen molar-refractivity contribution < 1.29 is 14.4 Å². The summed E-state index contributed by atoms with van der Waals surface area (Å²) in [6.07, 6.45) is 1.47. The van der Waals surface area contributed by atoms with E-state index in [1.54, 1.807) is 0 Å². The number of rotatable bonds is 3. The standard InChI is InChI=1S/C6H7ClN2O3/c7-2-1-3-12-9-5(10)4-8-6(9)11/h1-2H,3-4H2,(H,8,11)/b2-1+. The first kappa shape index (κ1) is 9.02. The van der Waals surface area contributed by atoms with E-state index in [4.69, 9.17) is 16.4 Å². The molecule has 0 unspecified atom stereocenters. The topological polar surface area (TPSA) is 58.6 Å². The number of urea groups is 1. The van der Waals surface area contributed by atoms with Gasteiger partial charge in [-0.15, -0.1) is 5.06 Å². The maximum Gasteiger partial charge on any atom is 0.349 e. The molecule has 0 aromatic carbocycles. The predicted octanol–water partition coefficient (Wildman–Crippen LogP) is 0.222. The van der Waals surface area contributed by atoms with Gasteiger partial charge in [0.05, 0.1) is 6.61 Å². The monoisotopic (exact) mass is 190 g/mol. The Morgan fingerprint density at radius 1 is 1.67 bits per heavy atom. The van der Waals surface area contributed by atoms with E-state index in [2.05, 4.69) is 5.32 Å². The molecule has 0 spiro atoms. The Kier molecular flexibility index (Phi) is 3.07. The van der Waals surface area contributed by atoms with E-state index < -0.39 is 11.9 Å². The van der Waals surface area contributed by atoms with Gasteiger partial charge in [0.15, 0.2) is 0 Å². The lowest BCUT2D eigenvalue weighted by Crippen LogP contribution is -2.31. The number of amides is 3. The fraction of sp³-hybridized carbons (Fsp3) is 0.333. The van der Waals surface area contributed by atoms with Gasteiger partial charge in [-0.25, -0.2) is 4.79 Å². The van der Waals surface area contributed by atoms with Gasteiger partial charge in [0.2, 0.25) is 0 Å². The fourth-order valence-corrected chi connectivity index (χ4v) is 0.765. The average Bonchev–Trinajstić information content (AvgIpc) is 2.35. The molecule has 0 aromatic rings. The van der Waals surface area contributed by atoms with Crippen LogP contribution in [0.3, 0.4) is 0 Å². The number of nitrogens with zero attached hydrogens (tertiary/aromatic N) is 1. The summed E-state index contributed by atoms with van der Waals surface area (Å²) in [7, 11) is 0. The molecule has 5 nitrogen and oxygen atoms in total. The van der Waals surface area contributed by atoms with Crippen molar-refractivity contribution in [2.45, 2.75) is 0 Å². The van der Waals surface area contributed by atoms with Crippen LogP contribution >= 0.6 is 11.6 Å². The van der Waals surface area contributed by atoms with Gasteiger partial charge in [-0.3, -0.25) is 9.63 Å². The van der Waals surface area contributed by atoms with E-state index in [1.165, 1.54) is 11.6 Å². The van der Waals surface area contributed by atoms with Gasteiger partial charge in [-0.05, 0) is 6.08 Å². The maximum atomic E-state index is 10.8. The van der Waals surface area contributed by atoms with Crippen molar-refractivity contribution in [3.05, 3.63) is 11.6 Å². The van der Waals surface area contributed by atoms with Crippen LogP contribution in [0.5, 0.6) is 0 Å². The van der Waals surface area contributed by atoms with E-state index in [-0.39, 0.29) is 13.2 Å². The van der Waals surface area contributed by atoms with Crippen LogP contribution in [0.1, 0.15) is 0 Å². The molecule has 1 aliphatic heterocycles. The second-order valence-corrected chi connectivity index (χ2v) is 2.26. The number of halogens is 1. The molecule has 66 valence electrons. The van der Waals surface area contributed by atoms with Crippen LogP contribution < -0.4 is 5.32 Å². The lowest BCUT2D eigenvalue weighted by atomic mass is 10.6. The number of hydrogen-bond donors (Lipinski definition) is 1. The molecular weight excluding hydrogens is 184 g/mol. The van der Waals surface area contributed by atoms with Crippen molar-refractivity contribution >= 4 is 23.5 Å². The zero-order valence-electron chi connectivity index (χ0n) is 6.12. The molecule has 12 heavy (non-hydrogen) atoms. The predicted molar refractivity (Wildman–Crippen MR) is 41.2 cm³/mol. The van der Waals surface area contributed by atoms with Crippen LogP contribution in [0.15, 0.2) is 11.6 Å². The molecule has 0 aromatic heterocycles. The van der Waals surface area contributed by atoms with E-state index in [1.807, 2.05) is 0 Å². The van der Waals surface area contributed by atoms with Crippen LogP contribution in [0.2, 0.25) is 0 Å². The van der Waals surface area contributed by atoms with E-state index in [9.17, 15) is 9.59 Å². The molecule has 1 saturated heterocycles. The Morgan fingerprint density at radius 2 is 2.42 bits per heavy atom. The zero-order chi connectivity index (χ0) is 8.97. The zero-order valence-corrected chi connectivity index (χ0v) is 6.87. The molecule has 0 aliphatic carbocycles. The maximum absolute atomic E-state index is 10.8. The third kappa shape index (κ3) is 1.96. The summed E-state index contributed by atoms with van der Waals surface area (Å²) in [6, 6.07) is -0.539. The molecule has 1 heterocycles. The van der Waals surface area contributed by atoms with Crippen LogP contribution in [-0.2, 0) is 9.63 Å². The van der Waals surface area contributed by atoms with Gasteiger partial charge in [-0.2, -0.15) is 0 Å². The first-order chi connectivity index (χ1) is 5.75. The Hall–Kier alpha value is -1.07. The molecule has 1 fully saturated rings. The Morgan fingerprint density at radius 3 is 2.92 bits per heavy atom. The highest BCUT2D eigenvalue weighted by Crippen LogP contribution is 1.99. The van der Waals surface area contributed by atoms with Crippen molar-refractivity contribution in [3.63, 3.8) is 0 Å². The van der Waals surface area contributed by atoms with Crippen LogP contribution in [0.25, 0.3) is 0 Å². The summed E-state index contributed by atoms with van der Waals surface area (Å²) in [5, 5.41) is 2.98. The van der Waals surface area contributed by atoms with Crippen molar-refractivity contribution in [3.8, 4) is 0 Å². The van der Waals surface area contributed by atoms with Gasteiger partial charge in [0.25, 0.3) is 5.91 Å². The Balaban J connectivity index is 2.39. The molecule has 0 bridgehead atoms. The lowest BCUT2D eigenvalue weighted by molar-refractivity contribution is -0.158. The summed E-state index contributed by atoms with van der Waals surface area (Å²) in [4.78, 5) is 26.4. The Bertz CT molecular complexity index is 213. The van der Waals surface area contributed by atoms with Crippen molar-refractivity contribution in [2.75, 3.05) is 13.2 Å². The first-order valence-corrected chi connectivity index (χ1v) is 3.68. The highest BCUT2D eigenvalue weighted by Gasteiger charge is 2.29. The number of hydroxylamine groups is 2. The van der Waals surface area contributed by atoms with Gasteiger partial charge in [0.1, 0.15) is 6.54 Å². The Labute approximate surface area is 73.9 Å². The molecule has 3 amide bonds. The molecule has 6 heteroatoms. The number of imide groups is 1.